The first-order chi connectivity index (χ1) is 27.5. The first-order valence-electron chi connectivity index (χ1n) is 25.4. The molecule has 2 unspecified atom stereocenters. The minimum Gasteiger partial charge on any atom is -0.383 e. The van der Waals surface area contributed by atoms with E-state index in [-0.39, 0.29) is 24.9 Å². The smallest absolute Gasteiger partial charge is 0.248 e. The highest BCUT2D eigenvalue weighted by atomic mass is 16.3. The maximum atomic E-state index is 12.2. The largest absolute Gasteiger partial charge is 0.383 e. The Bertz CT molecular complexity index is 729. The highest BCUT2D eigenvalue weighted by molar-refractivity contribution is 5.81. The Morgan fingerprint density at radius 3 is 0.643 bits per heavy atom. The van der Waals surface area contributed by atoms with E-state index >= 15 is 0 Å². The third-order valence-corrected chi connectivity index (χ3v) is 12.0. The van der Waals surface area contributed by atoms with Gasteiger partial charge in [-0.25, -0.2) is 0 Å². The highest BCUT2D eigenvalue weighted by Crippen LogP contribution is 2.17. The summed E-state index contributed by atoms with van der Waals surface area (Å²) >= 11 is 0. The molecule has 0 bridgehead atoms. The molecular formula is C50H100N2O4. The standard InChI is InChI=1S/C50H100N2O4/c1-3-5-7-9-11-13-15-17-19-21-23-25-27-29-31-33-35-37-39-41-43-47(53)49(55)51-45-46-52-50(56)48(54)44-42-40-38-36-34-32-30-28-26-24-22-20-18-16-14-12-10-8-6-4-2/h47-48,53-54H,3-46H2,1-2H3,(H,51,55)(H,52,56). The van der Waals surface area contributed by atoms with Gasteiger partial charge in [0.05, 0.1) is 0 Å². The van der Waals surface area contributed by atoms with Gasteiger partial charge in [0.2, 0.25) is 11.8 Å². The lowest BCUT2D eigenvalue weighted by atomic mass is 10.0. The minimum absolute atomic E-state index is 0.257. The fraction of sp³-hybridized carbons (Fsp3) is 0.960. The zero-order valence-corrected chi connectivity index (χ0v) is 38.0. The van der Waals surface area contributed by atoms with Gasteiger partial charge in [-0.3, -0.25) is 9.59 Å². The number of rotatable bonds is 47. The Labute approximate surface area is 350 Å². The summed E-state index contributed by atoms with van der Waals surface area (Å²) in [5.41, 5.74) is 0. The zero-order chi connectivity index (χ0) is 40.8. The number of hydrogen-bond donors (Lipinski definition) is 4. The number of hydrogen-bond acceptors (Lipinski definition) is 4. The predicted molar refractivity (Wildman–Crippen MR) is 243 cm³/mol. The van der Waals surface area contributed by atoms with Crippen LogP contribution in [-0.2, 0) is 9.59 Å². The molecule has 0 fully saturated rings. The average molecular weight is 793 g/mol. The highest BCUT2D eigenvalue weighted by Gasteiger charge is 2.16. The summed E-state index contributed by atoms with van der Waals surface area (Å²) in [4.78, 5) is 24.5. The van der Waals surface area contributed by atoms with Gasteiger partial charge in [0, 0.05) is 13.1 Å². The van der Waals surface area contributed by atoms with Crippen molar-refractivity contribution in [1.82, 2.24) is 10.6 Å². The van der Waals surface area contributed by atoms with E-state index < -0.39 is 12.2 Å². The van der Waals surface area contributed by atoms with Crippen LogP contribution in [-0.4, -0.2) is 47.3 Å². The molecule has 0 aromatic carbocycles. The van der Waals surface area contributed by atoms with Gasteiger partial charge in [-0.15, -0.1) is 0 Å². The number of carbonyl (C=O) groups is 2. The second-order valence-electron chi connectivity index (χ2n) is 17.6. The molecule has 2 atom stereocenters. The zero-order valence-electron chi connectivity index (χ0n) is 38.0. The van der Waals surface area contributed by atoms with Gasteiger partial charge in [-0.05, 0) is 12.8 Å². The van der Waals surface area contributed by atoms with E-state index in [4.69, 9.17) is 0 Å². The number of amides is 2. The van der Waals surface area contributed by atoms with Crippen LogP contribution in [0.5, 0.6) is 0 Å². The van der Waals surface area contributed by atoms with Crippen LogP contribution >= 0.6 is 0 Å². The second kappa shape index (κ2) is 46.5. The molecule has 0 rings (SSSR count). The van der Waals surface area contributed by atoms with Gasteiger partial charge in [0.15, 0.2) is 0 Å². The Hall–Kier alpha value is -1.14. The van der Waals surface area contributed by atoms with Gasteiger partial charge in [0.1, 0.15) is 12.2 Å². The van der Waals surface area contributed by atoms with Crippen molar-refractivity contribution in [2.24, 2.45) is 0 Å². The topological polar surface area (TPSA) is 98.7 Å². The van der Waals surface area contributed by atoms with E-state index in [2.05, 4.69) is 24.5 Å². The van der Waals surface area contributed by atoms with Crippen LogP contribution in [0.2, 0.25) is 0 Å². The second-order valence-corrected chi connectivity index (χ2v) is 17.6. The average Bonchev–Trinajstić information content (AvgIpc) is 3.20. The molecule has 0 aromatic rings. The van der Waals surface area contributed by atoms with Crippen LogP contribution in [0.3, 0.4) is 0 Å². The number of aliphatic hydroxyl groups excluding tert-OH is 2. The molecule has 0 aliphatic carbocycles. The van der Waals surface area contributed by atoms with E-state index in [9.17, 15) is 19.8 Å². The summed E-state index contributed by atoms with van der Waals surface area (Å²) in [5.74, 6) is -0.746. The van der Waals surface area contributed by atoms with Gasteiger partial charge in [-0.2, -0.15) is 0 Å². The Balaban J connectivity index is 3.42. The summed E-state index contributed by atoms with van der Waals surface area (Å²) < 4.78 is 0. The Morgan fingerprint density at radius 1 is 0.304 bits per heavy atom. The Morgan fingerprint density at radius 2 is 0.464 bits per heavy atom. The molecule has 0 saturated heterocycles. The van der Waals surface area contributed by atoms with Crippen molar-refractivity contribution in [3.8, 4) is 0 Å². The lowest BCUT2D eigenvalue weighted by molar-refractivity contribution is -0.131. The number of aliphatic hydroxyl groups is 2. The SMILES string of the molecule is CCCCCCCCCCCCCCCCCCCCCCC(O)C(=O)NCCNC(=O)C(O)CCCCCCCCCCCCCCCCCCCCCC. The molecule has 6 nitrogen and oxygen atoms in total. The van der Waals surface area contributed by atoms with Gasteiger partial charge >= 0.3 is 0 Å². The molecule has 0 saturated carbocycles. The minimum atomic E-state index is -0.994. The lowest BCUT2D eigenvalue weighted by Crippen LogP contribution is -2.42. The van der Waals surface area contributed by atoms with Crippen LogP contribution in [0.25, 0.3) is 0 Å². The van der Waals surface area contributed by atoms with Crippen molar-refractivity contribution in [1.29, 1.82) is 0 Å². The Kier molecular flexibility index (Phi) is 45.6. The van der Waals surface area contributed by atoms with Crippen LogP contribution in [0.15, 0.2) is 0 Å². The molecule has 6 heteroatoms. The van der Waals surface area contributed by atoms with Crippen molar-refractivity contribution in [3.63, 3.8) is 0 Å². The summed E-state index contributed by atoms with van der Waals surface area (Å²) in [5, 5.41) is 25.9. The third-order valence-electron chi connectivity index (χ3n) is 12.0. The molecule has 0 aromatic heterocycles. The quantitative estimate of drug-likeness (QED) is 0.0461. The summed E-state index contributed by atoms with van der Waals surface area (Å²) in [6.45, 7) is 5.08. The van der Waals surface area contributed by atoms with Crippen molar-refractivity contribution in [2.45, 2.75) is 296 Å². The molecule has 56 heavy (non-hydrogen) atoms. The van der Waals surface area contributed by atoms with Gasteiger partial charge in [0.25, 0.3) is 0 Å². The molecule has 0 aliphatic heterocycles. The molecular weight excluding hydrogens is 693 g/mol. The molecule has 0 radical (unpaired) electrons. The van der Waals surface area contributed by atoms with Gasteiger partial charge in [-0.1, -0.05) is 271 Å². The van der Waals surface area contributed by atoms with Gasteiger partial charge < -0.3 is 20.8 Å². The van der Waals surface area contributed by atoms with Crippen molar-refractivity contribution in [3.05, 3.63) is 0 Å². The lowest BCUT2D eigenvalue weighted by Gasteiger charge is -2.13. The van der Waals surface area contributed by atoms with Crippen LogP contribution in [0.1, 0.15) is 284 Å². The molecule has 334 valence electrons. The van der Waals surface area contributed by atoms with E-state index in [0.717, 1.165) is 25.7 Å². The van der Waals surface area contributed by atoms with E-state index in [1.54, 1.807) is 0 Å². The van der Waals surface area contributed by atoms with Crippen molar-refractivity contribution >= 4 is 11.8 Å². The van der Waals surface area contributed by atoms with Crippen LogP contribution < -0.4 is 10.6 Å². The fourth-order valence-corrected chi connectivity index (χ4v) is 8.05. The number of nitrogens with one attached hydrogen (secondary N) is 2. The normalized spacial score (nSPS) is 12.6. The molecule has 0 heterocycles. The molecule has 2 amide bonds. The predicted octanol–water partition coefficient (Wildman–Crippen LogP) is 14.4. The molecule has 4 N–H and O–H groups in total. The monoisotopic (exact) mass is 793 g/mol. The first kappa shape index (κ1) is 54.9. The summed E-state index contributed by atoms with van der Waals surface area (Å²) in [6, 6.07) is 0. The van der Waals surface area contributed by atoms with Crippen LogP contribution in [0.4, 0.5) is 0 Å². The fourth-order valence-electron chi connectivity index (χ4n) is 8.05. The third kappa shape index (κ3) is 42.5. The number of carbonyl (C=O) groups excluding carboxylic acids is 2. The molecule has 0 aliphatic rings. The van der Waals surface area contributed by atoms with E-state index in [0.29, 0.717) is 12.8 Å². The first-order valence-corrected chi connectivity index (χ1v) is 25.4. The maximum absolute atomic E-state index is 12.2. The maximum Gasteiger partial charge on any atom is 0.248 e. The summed E-state index contributed by atoms with van der Waals surface area (Å²) in [6.07, 6.45) is 52.3. The summed E-state index contributed by atoms with van der Waals surface area (Å²) in [7, 11) is 0. The van der Waals surface area contributed by atoms with Crippen LogP contribution in [0, 0.1) is 0 Å². The van der Waals surface area contributed by atoms with E-state index in [1.807, 2.05) is 0 Å². The number of unbranched alkanes of at least 4 members (excludes halogenated alkanes) is 38. The van der Waals surface area contributed by atoms with E-state index in [1.165, 1.54) is 231 Å². The van der Waals surface area contributed by atoms with Crippen molar-refractivity contribution in [2.75, 3.05) is 13.1 Å². The molecule has 0 spiro atoms. The van der Waals surface area contributed by atoms with Crippen molar-refractivity contribution < 1.29 is 19.8 Å².